The van der Waals surface area contributed by atoms with E-state index in [0.717, 1.165) is 33.3 Å². The Bertz CT molecular complexity index is 1090. The second kappa shape index (κ2) is 8.00. The molecule has 1 aromatic heterocycles. The molecule has 0 aliphatic carbocycles. The van der Waals surface area contributed by atoms with Gasteiger partial charge in [0.25, 0.3) is 5.79 Å². The van der Waals surface area contributed by atoms with Crippen LogP contribution in [0.15, 0.2) is 48.7 Å². The smallest absolute Gasteiger partial charge is 0.324 e. The highest BCUT2D eigenvalue weighted by Crippen LogP contribution is 2.41. The fourth-order valence-electron chi connectivity index (χ4n) is 3.99. The van der Waals surface area contributed by atoms with Crippen LogP contribution in [0.3, 0.4) is 0 Å². The molecule has 2 heterocycles. The number of aromatic amines is 1. The molecular formula is C23H22ClNO4S. The molecule has 0 spiro atoms. The number of aromatic nitrogens is 1. The quantitative estimate of drug-likeness (QED) is 0.429. The number of hydrogen-bond acceptors (Lipinski definition) is 5. The van der Waals surface area contributed by atoms with Crippen molar-refractivity contribution in [3.05, 3.63) is 70.4 Å². The zero-order valence-corrected chi connectivity index (χ0v) is 18.5. The SMILES string of the molecule is CSCc1cccc2c(C(c3ccc(Cl)cc3)C3C(=O)OC(C)(C)OC3=O)c[nH]c12. The lowest BCUT2D eigenvalue weighted by Gasteiger charge is -2.36. The molecule has 0 saturated carbocycles. The molecule has 1 unspecified atom stereocenters. The van der Waals surface area contributed by atoms with E-state index in [1.54, 1.807) is 37.7 Å². The summed E-state index contributed by atoms with van der Waals surface area (Å²) < 4.78 is 10.9. The van der Waals surface area contributed by atoms with Crippen LogP contribution in [-0.4, -0.2) is 29.0 Å². The summed E-state index contributed by atoms with van der Waals surface area (Å²) in [4.78, 5) is 29.2. The van der Waals surface area contributed by atoms with Gasteiger partial charge < -0.3 is 14.5 Å². The monoisotopic (exact) mass is 443 g/mol. The molecule has 0 radical (unpaired) electrons. The van der Waals surface area contributed by atoms with E-state index >= 15 is 0 Å². The number of para-hydroxylation sites is 1. The number of ether oxygens (including phenoxy) is 2. The Balaban J connectivity index is 1.88. The fraction of sp³-hybridized carbons (Fsp3) is 0.304. The lowest BCUT2D eigenvalue weighted by atomic mass is 9.80. The van der Waals surface area contributed by atoms with E-state index in [0.29, 0.717) is 5.02 Å². The Morgan fingerprint density at radius 2 is 1.77 bits per heavy atom. The van der Waals surface area contributed by atoms with Crippen LogP contribution in [0.4, 0.5) is 0 Å². The molecule has 2 aromatic carbocycles. The minimum Gasteiger partial charge on any atom is -0.422 e. The number of carbonyl (C=O) groups is 2. The molecule has 1 N–H and O–H groups in total. The number of hydrogen-bond donors (Lipinski definition) is 1. The molecule has 7 heteroatoms. The average Bonchev–Trinajstić information content (AvgIpc) is 3.10. The van der Waals surface area contributed by atoms with Gasteiger partial charge in [0.15, 0.2) is 5.92 Å². The average molecular weight is 444 g/mol. The number of fused-ring (bicyclic) bond motifs is 1. The summed E-state index contributed by atoms with van der Waals surface area (Å²) in [6.07, 6.45) is 3.92. The molecule has 156 valence electrons. The minimum atomic E-state index is -1.28. The number of esters is 2. The molecule has 3 aromatic rings. The van der Waals surface area contributed by atoms with Gasteiger partial charge in [0.05, 0.1) is 0 Å². The van der Waals surface area contributed by atoms with Crippen LogP contribution in [0.2, 0.25) is 5.02 Å². The van der Waals surface area contributed by atoms with Crippen LogP contribution in [0.25, 0.3) is 10.9 Å². The number of benzene rings is 2. The van der Waals surface area contributed by atoms with Crippen molar-refractivity contribution in [2.75, 3.05) is 6.26 Å². The topological polar surface area (TPSA) is 68.4 Å². The molecule has 1 saturated heterocycles. The van der Waals surface area contributed by atoms with Crippen molar-refractivity contribution < 1.29 is 19.1 Å². The molecule has 4 rings (SSSR count). The maximum Gasteiger partial charge on any atom is 0.324 e. The van der Waals surface area contributed by atoms with Crippen LogP contribution < -0.4 is 0 Å². The Morgan fingerprint density at radius 1 is 1.10 bits per heavy atom. The number of cyclic esters (lactones) is 2. The minimum absolute atomic E-state index is 0.573. The first-order chi connectivity index (χ1) is 14.3. The van der Waals surface area contributed by atoms with Crippen LogP contribution in [0, 0.1) is 5.92 Å². The fourth-order valence-corrected chi connectivity index (χ4v) is 4.67. The highest BCUT2D eigenvalue weighted by atomic mass is 35.5. The number of rotatable bonds is 5. The lowest BCUT2D eigenvalue weighted by molar-refractivity contribution is -0.240. The first-order valence-corrected chi connectivity index (χ1v) is 11.4. The van der Waals surface area contributed by atoms with E-state index in [2.05, 4.69) is 17.3 Å². The Kier molecular flexibility index (Phi) is 5.55. The molecule has 5 nitrogen and oxygen atoms in total. The summed E-state index contributed by atoms with van der Waals surface area (Å²) >= 11 is 7.81. The number of nitrogens with one attached hydrogen (secondary N) is 1. The van der Waals surface area contributed by atoms with Crippen molar-refractivity contribution >= 4 is 46.2 Å². The molecule has 1 fully saturated rings. The molecule has 1 atom stereocenters. The predicted molar refractivity (Wildman–Crippen MR) is 119 cm³/mol. The summed E-state index contributed by atoms with van der Waals surface area (Å²) in [7, 11) is 0. The van der Waals surface area contributed by atoms with Gasteiger partial charge in [0.2, 0.25) is 0 Å². The number of thioether (sulfide) groups is 1. The van der Waals surface area contributed by atoms with Crippen LogP contribution >= 0.6 is 23.4 Å². The molecule has 1 aliphatic heterocycles. The van der Waals surface area contributed by atoms with Gasteiger partial charge in [0.1, 0.15) is 0 Å². The van der Waals surface area contributed by atoms with Gasteiger partial charge in [-0.2, -0.15) is 11.8 Å². The molecule has 0 amide bonds. The van der Waals surface area contributed by atoms with E-state index in [4.69, 9.17) is 21.1 Å². The van der Waals surface area contributed by atoms with Gasteiger partial charge in [-0.05, 0) is 35.1 Å². The van der Waals surface area contributed by atoms with E-state index in [1.165, 1.54) is 0 Å². The Labute approximate surface area is 184 Å². The van der Waals surface area contributed by atoms with Crippen LogP contribution in [0.5, 0.6) is 0 Å². The number of carbonyl (C=O) groups excluding carboxylic acids is 2. The molecule has 30 heavy (non-hydrogen) atoms. The number of H-pyrrole nitrogens is 1. The van der Waals surface area contributed by atoms with Gasteiger partial charge >= 0.3 is 11.9 Å². The van der Waals surface area contributed by atoms with Crippen molar-refractivity contribution in [3.8, 4) is 0 Å². The van der Waals surface area contributed by atoms with Crippen molar-refractivity contribution in [1.82, 2.24) is 4.98 Å². The summed E-state index contributed by atoms with van der Waals surface area (Å²) in [5.41, 5.74) is 3.79. The van der Waals surface area contributed by atoms with Gasteiger partial charge in [0, 0.05) is 47.6 Å². The first kappa shape index (κ1) is 20.8. The molecule has 0 bridgehead atoms. The summed E-state index contributed by atoms with van der Waals surface area (Å²) in [5, 5.41) is 1.54. The van der Waals surface area contributed by atoms with Crippen molar-refractivity contribution in [1.29, 1.82) is 0 Å². The van der Waals surface area contributed by atoms with Gasteiger partial charge in [-0.1, -0.05) is 41.9 Å². The summed E-state index contributed by atoms with van der Waals surface area (Å²) in [6.45, 7) is 3.10. The first-order valence-electron chi connectivity index (χ1n) is 9.59. The highest BCUT2D eigenvalue weighted by Gasteiger charge is 2.48. The third-order valence-corrected chi connectivity index (χ3v) is 6.08. The third kappa shape index (κ3) is 3.82. The van der Waals surface area contributed by atoms with E-state index in [9.17, 15) is 9.59 Å². The number of halogens is 1. The molecular weight excluding hydrogens is 422 g/mol. The maximum absolute atomic E-state index is 12.9. The second-order valence-electron chi connectivity index (χ2n) is 7.77. The standard InChI is InChI=1S/C23H22ClNO4S/c1-23(2)28-21(26)19(22(27)29-23)18(13-7-9-15(24)10-8-13)17-11-25-20-14(12-30-3)5-4-6-16(17)20/h4-11,18-19,25H,12H2,1-3H3. The normalized spacial score (nSPS) is 17.6. The second-order valence-corrected chi connectivity index (χ2v) is 9.07. The Morgan fingerprint density at radius 3 is 2.40 bits per heavy atom. The predicted octanol–water partition coefficient (Wildman–Crippen LogP) is 5.27. The van der Waals surface area contributed by atoms with Gasteiger partial charge in [-0.3, -0.25) is 9.59 Å². The van der Waals surface area contributed by atoms with Gasteiger partial charge in [-0.25, -0.2) is 0 Å². The van der Waals surface area contributed by atoms with Crippen LogP contribution in [0.1, 0.15) is 36.5 Å². The molecule has 1 aliphatic rings. The zero-order valence-electron chi connectivity index (χ0n) is 16.9. The third-order valence-electron chi connectivity index (χ3n) is 5.23. The highest BCUT2D eigenvalue weighted by molar-refractivity contribution is 7.97. The van der Waals surface area contributed by atoms with Crippen molar-refractivity contribution in [2.24, 2.45) is 5.92 Å². The van der Waals surface area contributed by atoms with Crippen LogP contribution in [-0.2, 0) is 24.8 Å². The van der Waals surface area contributed by atoms with E-state index in [1.807, 2.05) is 30.5 Å². The van der Waals surface area contributed by atoms with Gasteiger partial charge in [-0.15, -0.1) is 0 Å². The summed E-state index contributed by atoms with van der Waals surface area (Å²) in [5.74, 6) is -3.29. The Hall–Kier alpha value is -2.44. The van der Waals surface area contributed by atoms with Crippen molar-refractivity contribution in [2.45, 2.75) is 31.3 Å². The zero-order chi connectivity index (χ0) is 21.5. The maximum atomic E-state index is 12.9. The van der Waals surface area contributed by atoms with E-state index in [-0.39, 0.29) is 0 Å². The largest absolute Gasteiger partial charge is 0.422 e. The summed E-state index contributed by atoms with van der Waals surface area (Å²) in [6, 6.07) is 13.2. The lowest BCUT2D eigenvalue weighted by Crippen LogP contribution is -2.48. The van der Waals surface area contributed by atoms with Crippen molar-refractivity contribution in [3.63, 3.8) is 0 Å². The van der Waals surface area contributed by atoms with E-state index < -0.39 is 29.6 Å².